The van der Waals surface area contributed by atoms with Crippen molar-refractivity contribution in [2.75, 3.05) is 11.9 Å². The van der Waals surface area contributed by atoms with E-state index < -0.39 is 0 Å². The second-order valence-corrected chi connectivity index (χ2v) is 4.22. The van der Waals surface area contributed by atoms with E-state index in [9.17, 15) is 10.1 Å². The molecule has 7 heteroatoms. The van der Waals surface area contributed by atoms with Gasteiger partial charge in [0, 0.05) is 30.3 Å². The van der Waals surface area contributed by atoms with Gasteiger partial charge in [0.05, 0.1) is 4.92 Å². The maximum Gasteiger partial charge on any atom is 0.274 e. The molecule has 2 rings (SSSR count). The minimum Gasteiger partial charge on any atom is -0.385 e. The van der Waals surface area contributed by atoms with Crippen molar-refractivity contribution in [3.63, 3.8) is 0 Å². The molecule has 0 bridgehead atoms. The van der Waals surface area contributed by atoms with Crippen LogP contribution < -0.4 is 5.32 Å². The van der Waals surface area contributed by atoms with Gasteiger partial charge in [-0.15, -0.1) is 0 Å². The highest BCUT2D eigenvalue weighted by Gasteiger charge is 2.10. The largest absolute Gasteiger partial charge is 0.385 e. The highest BCUT2D eigenvalue weighted by Crippen LogP contribution is 2.22. The van der Waals surface area contributed by atoms with Crippen molar-refractivity contribution in [1.82, 2.24) is 15.2 Å². The number of nitro groups is 1. The summed E-state index contributed by atoms with van der Waals surface area (Å²) in [5.74, 6) is 0.844. The number of hydrogen-bond donors (Lipinski definition) is 2. The van der Waals surface area contributed by atoms with E-state index >= 15 is 0 Å². The average Bonchev–Trinajstić information content (AvgIpc) is 2.89. The highest BCUT2D eigenvalue weighted by molar-refractivity contribution is 5.54. The van der Waals surface area contributed by atoms with E-state index in [-0.39, 0.29) is 10.6 Å². The fourth-order valence-corrected chi connectivity index (χ4v) is 1.76. The van der Waals surface area contributed by atoms with E-state index in [0.29, 0.717) is 5.56 Å². The molecule has 7 nitrogen and oxygen atoms in total. The van der Waals surface area contributed by atoms with Gasteiger partial charge >= 0.3 is 0 Å². The molecule has 0 aliphatic rings. The van der Waals surface area contributed by atoms with Gasteiger partial charge in [0.1, 0.15) is 12.2 Å². The van der Waals surface area contributed by atoms with Crippen LogP contribution in [0, 0.1) is 17.0 Å². The minimum absolute atomic E-state index is 0.139. The molecule has 0 fully saturated rings. The van der Waals surface area contributed by atoms with Crippen LogP contribution in [-0.4, -0.2) is 26.6 Å². The van der Waals surface area contributed by atoms with Crippen molar-refractivity contribution in [2.45, 2.75) is 19.8 Å². The lowest BCUT2D eigenvalue weighted by atomic mass is 10.2. The van der Waals surface area contributed by atoms with Gasteiger partial charge in [0.2, 0.25) is 0 Å². The second kappa shape index (κ2) is 5.94. The number of aryl methyl sites for hydroxylation is 2. The van der Waals surface area contributed by atoms with Gasteiger partial charge in [-0.25, -0.2) is 4.98 Å². The summed E-state index contributed by atoms with van der Waals surface area (Å²) in [6, 6.07) is 5.15. The van der Waals surface area contributed by atoms with Crippen LogP contribution in [0.25, 0.3) is 0 Å². The molecule has 2 aromatic rings. The number of nitrogens with zero attached hydrogens (tertiary/aromatic N) is 3. The first kappa shape index (κ1) is 13.0. The van der Waals surface area contributed by atoms with Crippen LogP contribution in [0.15, 0.2) is 24.5 Å². The second-order valence-electron chi connectivity index (χ2n) is 4.22. The number of benzene rings is 1. The lowest BCUT2D eigenvalue weighted by Crippen LogP contribution is -2.04. The Balaban J connectivity index is 1.86. The average molecular weight is 261 g/mol. The van der Waals surface area contributed by atoms with Gasteiger partial charge in [-0.05, 0) is 19.4 Å². The zero-order valence-electron chi connectivity index (χ0n) is 10.6. The van der Waals surface area contributed by atoms with Gasteiger partial charge in [-0.1, -0.05) is 6.07 Å². The summed E-state index contributed by atoms with van der Waals surface area (Å²) < 4.78 is 0. The summed E-state index contributed by atoms with van der Waals surface area (Å²) in [6.07, 6.45) is 3.14. The summed E-state index contributed by atoms with van der Waals surface area (Å²) in [5.41, 5.74) is 1.56. The first-order valence-corrected chi connectivity index (χ1v) is 6.00. The predicted octanol–water partition coefficient (Wildman–Crippen LogP) is 2.07. The molecule has 0 saturated heterocycles. The molecule has 0 saturated carbocycles. The fourth-order valence-electron chi connectivity index (χ4n) is 1.76. The first-order chi connectivity index (χ1) is 9.16. The fraction of sp³-hybridized carbons (Fsp3) is 0.333. The summed E-state index contributed by atoms with van der Waals surface area (Å²) in [4.78, 5) is 14.5. The lowest BCUT2D eigenvalue weighted by molar-refractivity contribution is -0.385. The molecule has 0 unspecified atom stereocenters. The molecule has 100 valence electrons. The van der Waals surface area contributed by atoms with Crippen LogP contribution in [0.5, 0.6) is 0 Å². The summed E-state index contributed by atoms with van der Waals surface area (Å²) >= 11 is 0. The van der Waals surface area contributed by atoms with Crippen LogP contribution in [0.4, 0.5) is 11.4 Å². The van der Waals surface area contributed by atoms with E-state index in [2.05, 4.69) is 20.5 Å². The van der Waals surface area contributed by atoms with Gasteiger partial charge < -0.3 is 5.32 Å². The Morgan fingerprint density at radius 3 is 3.00 bits per heavy atom. The van der Waals surface area contributed by atoms with Gasteiger partial charge in [-0.2, -0.15) is 5.10 Å². The maximum atomic E-state index is 10.8. The normalized spacial score (nSPS) is 10.4. The van der Waals surface area contributed by atoms with E-state index in [1.54, 1.807) is 19.1 Å². The zero-order chi connectivity index (χ0) is 13.7. The maximum absolute atomic E-state index is 10.8. The van der Waals surface area contributed by atoms with Crippen molar-refractivity contribution in [1.29, 1.82) is 0 Å². The predicted molar refractivity (Wildman–Crippen MR) is 71.0 cm³/mol. The number of aromatic nitrogens is 3. The van der Waals surface area contributed by atoms with E-state index in [4.69, 9.17) is 0 Å². The third-order valence-corrected chi connectivity index (χ3v) is 2.79. The minimum atomic E-state index is -0.366. The third-order valence-electron chi connectivity index (χ3n) is 2.79. The molecule has 1 heterocycles. The van der Waals surface area contributed by atoms with Gasteiger partial charge in [0.25, 0.3) is 5.69 Å². The summed E-state index contributed by atoms with van der Waals surface area (Å²) in [7, 11) is 0. The monoisotopic (exact) mass is 261 g/mol. The molecule has 0 atom stereocenters. The van der Waals surface area contributed by atoms with E-state index in [0.717, 1.165) is 30.9 Å². The molecular weight excluding hydrogens is 246 g/mol. The number of H-pyrrole nitrogens is 1. The molecule has 19 heavy (non-hydrogen) atoms. The van der Waals surface area contributed by atoms with Crippen molar-refractivity contribution in [3.05, 3.63) is 46.0 Å². The van der Waals surface area contributed by atoms with Gasteiger partial charge in [0.15, 0.2) is 0 Å². The van der Waals surface area contributed by atoms with Crippen LogP contribution in [0.2, 0.25) is 0 Å². The van der Waals surface area contributed by atoms with Gasteiger partial charge in [-0.3, -0.25) is 15.2 Å². The first-order valence-electron chi connectivity index (χ1n) is 6.00. The van der Waals surface area contributed by atoms with Crippen LogP contribution in [0.3, 0.4) is 0 Å². The SMILES string of the molecule is Cc1ccc(NCCCc2ncn[nH]2)cc1[N+](=O)[O-]. The standard InChI is InChI=1S/C12H15N5O2/c1-9-4-5-10(7-11(9)17(18)19)13-6-2-3-12-14-8-15-16-12/h4-5,7-8,13H,2-3,6H2,1H3,(H,14,15,16). The third kappa shape index (κ3) is 3.51. The zero-order valence-corrected chi connectivity index (χ0v) is 10.6. The molecule has 2 N–H and O–H groups in total. The number of aromatic amines is 1. The quantitative estimate of drug-likeness (QED) is 0.471. The van der Waals surface area contributed by atoms with Crippen molar-refractivity contribution in [2.24, 2.45) is 0 Å². The van der Waals surface area contributed by atoms with E-state index in [1.807, 2.05) is 6.07 Å². The summed E-state index contributed by atoms with van der Waals surface area (Å²) in [5, 5.41) is 20.5. The molecular formula is C12H15N5O2. The van der Waals surface area contributed by atoms with E-state index in [1.165, 1.54) is 6.33 Å². The molecule has 1 aromatic heterocycles. The number of rotatable bonds is 6. The van der Waals surface area contributed by atoms with Crippen molar-refractivity contribution >= 4 is 11.4 Å². The lowest BCUT2D eigenvalue weighted by Gasteiger charge is -2.06. The Morgan fingerprint density at radius 1 is 1.47 bits per heavy atom. The molecule has 0 spiro atoms. The van der Waals surface area contributed by atoms with Crippen molar-refractivity contribution in [3.8, 4) is 0 Å². The van der Waals surface area contributed by atoms with Crippen molar-refractivity contribution < 1.29 is 4.92 Å². The molecule has 0 radical (unpaired) electrons. The van der Waals surface area contributed by atoms with Crippen LogP contribution in [0.1, 0.15) is 17.8 Å². The molecule has 1 aromatic carbocycles. The number of anilines is 1. The molecule has 0 amide bonds. The van der Waals surface area contributed by atoms with Crippen LogP contribution in [-0.2, 0) is 6.42 Å². The smallest absolute Gasteiger partial charge is 0.274 e. The highest BCUT2D eigenvalue weighted by atomic mass is 16.6. The number of hydrogen-bond acceptors (Lipinski definition) is 5. The Hall–Kier alpha value is -2.44. The Bertz CT molecular complexity index is 553. The molecule has 0 aliphatic carbocycles. The van der Waals surface area contributed by atoms with Crippen LogP contribution >= 0.6 is 0 Å². The number of nitro benzene ring substituents is 1. The summed E-state index contributed by atoms with van der Waals surface area (Å²) in [6.45, 7) is 2.45. The topological polar surface area (TPSA) is 96.7 Å². The Kier molecular flexibility index (Phi) is 4.07. The Labute approximate surface area is 110 Å². The molecule has 0 aliphatic heterocycles. The number of nitrogens with one attached hydrogen (secondary N) is 2. The Morgan fingerprint density at radius 2 is 2.32 bits per heavy atom.